The van der Waals surface area contributed by atoms with Gasteiger partial charge >= 0.3 is 0 Å². The molecule has 0 radical (unpaired) electrons. The van der Waals surface area contributed by atoms with Gasteiger partial charge in [0.05, 0.1) is 4.90 Å². The molecule has 0 saturated carbocycles. The first-order chi connectivity index (χ1) is 11.3. The summed E-state index contributed by atoms with van der Waals surface area (Å²) in [5.41, 5.74) is 2.18. The first kappa shape index (κ1) is 18.6. The summed E-state index contributed by atoms with van der Waals surface area (Å²) in [5, 5.41) is 2.75. The first-order valence-electron chi connectivity index (χ1n) is 7.11. The molecule has 0 spiro atoms. The van der Waals surface area contributed by atoms with Crippen molar-refractivity contribution in [3.8, 4) is 0 Å². The fourth-order valence-corrected chi connectivity index (χ4v) is 3.42. The molecule has 24 heavy (non-hydrogen) atoms. The van der Waals surface area contributed by atoms with Crippen molar-refractivity contribution >= 4 is 44.2 Å². The second-order valence-electron chi connectivity index (χ2n) is 5.08. The maximum Gasteiger partial charge on any atom is 0.255 e. The molecule has 0 aromatic heterocycles. The van der Waals surface area contributed by atoms with Crippen LogP contribution in [-0.2, 0) is 10.0 Å². The summed E-state index contributed by atoms with van der Waals surface area (Å²) < 4.78 is 27.3. The van der Waals surface area contributed by atoms with Crippen LogP contribution in [0.2, 0.25) is 0 Å². The number of hydrogen-bond acceptors (Lipinski definition) is 3. The third kappa shape index (κ3) is 4.65. The molecule has 0 bridgehead atoms. The van der Waals surface area contributed by atoms with Gasteiger partial charge < -0.3 is 5.32 Å². The van der Waals surface area contributed by atoms with Crippen molar-refractivity contribution in [2.45, 2.75) is 11.8 Å². The summed E-state index contributed by atoms with van der Waals surface area (Å²) in [4.78, 5) is 12.4. The van der Waals surface area contributed by atoms with Gasteiger partial charge in [-0.2, -0.15) is 0 Å². The minimum Gasteiger partial charge on any atom is -0.322 e. The number of rotatable bonds is 6. The van der Waals surface area contributed by atoms with E-state index in [1.165, 1.54) is 18.2 Å². The number of carbonyl (C=O) groups is 1. The maximum atomic E-state index is 12.2. The molecule has 0 aliphatic heterocycles. The number of carbonyl (C=O) groups excluding carboxylic acids is 1. The highest BCUT2D eigenvalue weighted by Gasteiger charge is 2.13. The van der Waals surface area contributed by atoms with Crippen LogP contribution in [0.1, 0.15) is 15.9 Å². The Morgan fingerprint density at radius 1 is 1.21 bits per heavy atom. The fourth-order valence-electron chi connectivity index (χ4n) is 1.91. The summed E-state index contributed by atoms with van der Waals surface area (Å²) in [5.74, 6) is -0.242. The van der Waals surface area contributed by atoms with Crippen molar-refractivity contribution in [1.29, 1.82) is 0 Å². The van der Waals surface area contributed by atoms with E-state index in [4.69, 9.17) is 0 Å². The Morgan fingerprint density at radius 3 is 2.46 bits per heavy atom. The van der Waals surface area contributed by atoms with Gasteiger partial charge in [-0.3, -0.25) is 4.79 Å². The zero-order valence-corrected chi connectivity index (χ0v) is 16.0. The van der Waals surface area contributed by atoms with Crippen LogP contribution < -0.4 is 10.0 Å². The van der Waals surface area contributed by atoms with Crippen LogP contribution in [0.15, 0.2) is 60.0 Å². The Morgan fingerprint density at radius 2 is 1.88 bits per heavy atom. The molecule has 0 aliphatic rings. The van der Waals surface area contributed by atoms with Crippen LogP contribution in [0.5, 0.6) is 0 Å². The molecule has 1 amide bonds. The van der Waals surface area contributed by atoms with E-state index in [9.17, 15) is 13.2 Å². The predicted octanol–water partition coefficient (Wildman–Crippen LogP) is 3.32. The number of aryl methyl sites for hydroxylation is 1. The topological polar surface area (TPSA) is 75.3 Å². The molecular formula is C17H17IN2O3S. The molecular weight excluding hydrogens is 439 g/mol. The number of amides is 1. The molecule has 0 fully saturated rings. The van der Waals surface area contributed by atoms with Gasteiger partial charge in [-0.25, -0.2) is 13.1 Å². The second kappa shape index (κ2) is 7.91. The van der Waals surface area contributed by atoms with Gasteiger partial charge in [-0.05, 0) is 71.5 Å². The lowest BCUT2D eigenvalue weighted by molar-refractivity contribution is 0.102. The lowest BCUT2D eigenvalue weighted by Crippen LogP contribution is -2.23. The highest BCUT2D eigenvalue weighted by molar-refractivity contribution is 14.1. The van der Waals surface area contributed by atoms with Gasteiger partial charge in [0.25, 0.3) is 5.91 Å². The highest BCUT2D eigenvalue weighted by atomic mass is 127. The molecule has 0 atom stereocenters. The van der Waals surface area contributed by atoms with E-state index in [2.05, 4.69) is 39.2 Å². The lowest BCUT2D eigenvalue weighted by Gasteiger charge is -2.08. The van der Waals surface area contributed by atoms with Gasteiger partial charge in [0.15, 0.2) is 0 Å². The first-order valence-corrected chi connectivity index (χ1v) is 9.68. The Kier molecular flexibility index (Phi) is 6.14. The van der Waals surface area contributed by atoms with Crippen LogP contribution in [0.3, 0.4) is 0 Å². The average Bonchev–Trinajstić information content (AvgIpc) is 2.56. The standard InChI is InChI=1S/C17H17IN2O3S/c1-3-10-19-24(22,23)15-8-6-14(7-9-15)20-17(21)13-5-4-12(2)16(18)11-13/h3-9,11,19H,1,10H2,2H3,(H,20,21). The number of hydrogen-bond donors (Lipinski definition) is 2. The summed E-state index contributed by atoms with van der Waals surface area (Å²) >= 11 is 2.18. The molecule has 5 nitrogen and oxygen atoms in total. The van der Waals surface area contributed by atoms with E-state index in [1.807, 2.05) is 19.1 Å². The van der Waals surface area contributed by atoms with Gasteiger partial charge in [-0.15, -0.1) is 6.58 Å². The number of sulfonamides is 1. The van der Waals surface area contributed by atoms with Crippen LogP contribution in [0, 0.1) is 10.5 Å². The van der Waals surface area contributed by atoms with E-state index in [0.29, 0.717) is 11.3 Å². The fraction of sp³-hybridized carbons (Fsp3) is 0.118. The zero-order valence-electron chi connectivity index (χ0n) is 13.0. The van der Waals surface area contributed by atoms with Crippen molar-refractivity contribution in [3.63, 3.8) is 0 Å². The molecule has 0 saturated heterocycles. The Bertz CT molecular complexity index is 862. The highest BCUT2D eigenvalue weighted by Crippen LogP contribution is 2.17. The third-order valence-electron chi connectivity index (χ3n) is 3.27. The zero-order chi connectivity index (χ0) is 17.7. The van der Waals surface area contributed by atoms with Gasteiger partial charge in [0.1, 0.15) is 0 Å². The summed E-state index contributed by atoms with van der Waals surface area (Å²) in [6.45, 7) is 5.60. The maximum absolute atomic E-state index is 12.2. The van der Waals surface area contributed by atoms with Crippen molar-refractivity contribution < 1.29 is 13.2 Å². The van der Waals surface area contributed by atoms with Gasteiger partial charge in [-0.1, -0.05) is 12.1 Å². The quantitative estimate of drug-likeness (QED) is 0.518. The molecule has 2 aromatic carbocycles. The van der Waals surface area contributed by atoms with E-state index in [1.54, 1.807) is 18.2 Å². The Balaban J connectivity index is 2.12. The number of anilines is 1. The third-order valence-corrected chi connectivity index (χ3v) is 5.88. The van der Waals surface area contributed by atoms with Crippen molar-refractivity contribution in [1.82, 2.24) is 4.72 Å². The van der Waals surface area contributed by atoms with Crippen molar-refractivity contribution in [2.75, 3.05) is 11.9 Å². The van der Waals surface area contributed by atoms with Gasteiger partial charge in [0.2, 0.25) is 10.0 Å². The SMILES string of the molecule is C=CCNS(=O)(=O)c1ccc(NC(=O)c2ccc(C)c(I)c2)cc1. The Hall–Kier alpha value is -1.71. The summed E-state index contributed by atoms with van der Waals surface area (Å²) in [7, 11) is -3.57. The summed E-state index contributed by atoms with van der Waals surface area (Å²) in [6.07, 6.45) is 1.47. The molecule has 0 unspecified atom stereocenters. The van der Waals surface area contributed by atoms with Gasteiger partial charge in [0, 0.05) is 21.4 Å². The number of nitrogens with one attached hydrogen (secondary N) is 2. The number of halogens is 1. The second-order valence-corrected chi connectivity index (χ2v) is 8.01. The molecule has 2 N–H and O–H groups in total. The van der Waals surface area contributed by atoms with Crippen molar-refractivity contribution in [2.24, 2.45) is 0 Å². The normalized spacial score (nSPS) is 11.1. The van der Waals surface area contributed by atoms with Crippen molar-refractivity contribution in [3.05, 3.63) is 69.8 Å². The number of benzene rings is 2. The molecule has 0 heterocycles. The van der Waals surface area contributed by atoms with E-state index < -0.39 is 10.0 Å². The minimum atomic E-state index is -3.57. The molecule has 126 valence electrons. The monoisotopic (exact) mass is 456 g/mol. The van der Waals surface area contributed by atoms with E-state index >= 15 is 0 Å². The Labute approximate surface area is 155 Å². The average molecular weight is 456 g/mol. The smallest absolute Gasteiger partial charge is 0.255 e. The molecule has 7 heteroatoms. The van der Waals surface area contributed by atoms with Crippen LogP contribution in [0.25, 0.3) is 0 Å². The summed E-state index contributed by atoms with van der Waals surface area (Å²) in [6, 6.07) is 11.4. The molecule has 2 rings (SSSR count). The lowest BCUT2D eigenvalue weighted by atomic mass is 10.1. The van der Waals surface area contributed by atoms with Crippen LogP contribution in [0.4, 0.5) is 5.69 Å². The van der Waals surface area contributed by atoms with E-state index in [0.717, 1.165) is 9.13 Å². The minimum absolute atomic E-state index is 0.132. The largest absolute Gasteiger partial charge is 0.322 e. The molecule has 0 aliphatic carbocycles. The predicted molar refractivity (Wildman–Crippen MR) is 104 cm³/mol. The van der Waals surface area contributed by atoms with E-state index in [-0.39, 0.29) is 17.3 Å². The van der Waals surface area contributed by atoms with Crippen LogP contribution >= 0.6 is 22.6 Å². The molecule has 2 aromatic rings. The van der Waals surface area contributed by atoms with Crippen LogP contribution in [-0.4, -0.2) is 20.9 Å².